The molecule has 0 aromatic carbocycles. The zero-order valence-electron chi connectivity index (χ0n) is 24.3. The lowest BCUT2D eigenvalue weighted by atomic mass is 9.44. The predicted octanol–water partition coefficient (Wildman–Crippen LogP) is 6.25. The highest BCUT2D eigenvalue weighted by Gasteiger charge is 2.68. The van der Waals surface area contributed by atoms with E-state index in [1.807, 2.05) is 19.9 Å². The van der Waals surface area contributed by atoms with Crippen LogP contribution in [0.5, 0.6) is 0 Å². The van der Waals surface area contributed by atoms with Crippen LogP contribution in [-0.4, -0.2) is 34.7 Å². The van der Waals surface area contributed by atoms with Crippen LogP contribution in [0.1, 0.15) is 93.9 Å². The van der Waals surface area contributed by atoms with E-state index in [9.17, 15) is 24.3 Å². The molecule has 1 saturated carbocycles. The summed E-state index contributed by atoms with van der Waals surface area (Å²) in [4.78, 5) is 50.5. The van der Waals surface area contributed by atoms with E-state index >= 15 is 0 Å². The van der Waals surface area contributed by atoms with Crippen LogP contribution in [0.25, 0.3) is 0 Å². The molecule has 4 rings (SSSR count). The van der Waals surface area contributed by atoms with Gasteiger partial charge in [0.1, 0.15) is 6.10 Å². The number of carboxylic acid groups (broad SMARTS) is 1. The molecule has 6 heteroatoms. The molecule has 0 aromatic heterocycles. The van der Waals surface area contributed by atoms with Crippen LogP contribution >= 0.6 is 0 Å². The Balaban J connectivity index is 1.79. The molecule has 0 spiro atoms. The first-order valence-electron chi connectivity index (χ1n) is 14.1. The fourth-order valence-corrected chi connectivity index (χ4v) is 9.07. The summed E-state index contributed by atoms with van der Waals surface area (Å²) >= 11 is 0. The summed E-state index contributed by atoms with van der Waals surface area (Å²) in [6.45, 7) is 15.8. The van der Waals surface area contributed by atoms with E-state index in [1.54, 1.807) is 19.1 Å². The third kappa shape index (κ3) is 4.05. The molecule has 208 valence electrons. The van der Waals surface area contributed by atoms with E-state index in [-0.39, 0.29) is 46.8 Å². The number of fused-ring (bicyclic) bond motifs is 4. The quantitative estimate of drug-likeness (QED) is 0.326. The third-order valence-electron chi connectivity index (χ3n) is 11.2. The fraction of sp³-hybridized carbons (Fsp3) is 0.688. The number of ketones is 2. The Kier molecular flexibility index (Phi) is 6.98. The molecule has 0 bridgehead atoms. The molecular weight excluding hydrogens is 480 g/mol. The minimum absolute atomic E-state index is 0.0293. The summed E-state index contributed by atoms with van der Waals surface area (Å²) in [7, 11) is 0. The fourth-order valence-electron chi connectivity index (χ4n) is 9.07. The molecule has 4 aliphatic carbocycles. The second kappa shape index (κ2) is 9.31. The summed E-state index contributed by atoms with van der Waals surface area (Å²) < 4.78 is 5.99. The second-order valence-electron chi connectivity index (χ2n) is 13.6. The molecule has 0 heterocycles. The number of carbonyl (C=O) groups excluding carboxylic acids is 3. The van der Waals surface area contributed by atoms with Gasteiger partial charge in [0.2, 0.25) is 0 Å². The van der Waals surface area contributed by atoms with Crippen LogP contribution in [0.2, 0.25) is 0 Å². The standard InChI is InChI=1S/C32H44O6/c1-18(10-9-11-19(2)28(36)37)26-23(38-20(3)33)17-31(7)21-12-13-24-29(4,5)25(35)14-15-30(24,6)27(21)22(34)16-32(26,31)8/h11,14-15,18,23-24,26H,9-10,12-13,16-17H2,1-8H3,(H,36,37)/b19-11-/t18-,23+,24+,26+,30+,31+,32-/m1/s1. The van der Waals surface area contributed by atoms with Crippen LogP contribution in [0.4, 0.5) is 0 Å². The Bertz CT molecular complexity index is 1170. The van der Waals surface area contributed by atoms with Gasteiger partial charge in [-0.3, -0.25) is 14.4 Å². The van der Waals surface area contributed by atoms with E-state index in [0.29, 0.717) is 24.8 Å². The van der Waals surface area contributed by atoms with E-state index in [4.69, 9.17) is 4.74 Å². The number of carboxylic acids is 1. The Morgan fingerprint density at radius 3 is 2.42 bits per heavy atom. The topological polar surface area (TPSA) is 97.7 Å². The summed E-state index contributed by atoms with van der Waals surface area (Å²) in [5.41, 5.74) is 0.658. The van der Waals surface area contributed by atoms with Crippen molar-refractivity contribution >= 4 is 23.5 Å². The normalized spacial score (nSPS) is 38.8. The molecule has 1 N–H and O–H groups in total. The maximum Gasteiger partial charge on any atom is 0.330 e. The van der Waals surface area contributed by atoms with Crippen molar-refractivity contribution in [1.82, 2.24) is 0 Å². The average Bonchev–Trinajstić information content (AvgIpc) is 3.01. The van der Waals surface area contributed by atoms with Crippen molar-refractivity contribution in [2.75, 3.05) is 0 Å². The molecule has 1 fully saturated rings. The highest BCUT2D eigenvalue weighted by Crippen LogP contribution is 2.71. The van der Waals surface area contributed by atoms with Crippen molar-refractivity contribution < 1.29 is 29.0 Å². The number of rotatable bonds is 6. The molecule has 4 aliphatic rings. The number of esters is 1. The minimum Gasteiger partial charge on any atom is -0.478 e. The molecule has 0 saturated heterocycles. The van der Waals surface area contributed by atoms with Crippen LogP contribution in [0, 0.1) is 39.4 Å². The van der Waals surface area contributed by atoms with E-state index < -0.39 is 22.2 Å². The zero-order chi connectivity index (χ0) is 28.4. The van der Waals surface area contributed by atoms with Crippen molar-refractivity contribution in [3.63, 3.8) is 0 Å². The number of carbonyl (C=O) groups is 4. The predicted molar refractivity (Wildman–Crippen MR) is 145 cm³/mol. The Labute approximate surface area is 227 Å². The first-order valence-corrected chi connectivity index (χ1v) is 14.1. The molecule has 7 atom stereocenters. The largest absolute Gasteiger partial charge is 0.478 e. The van der Waals surface area contributed by atoms with Gasteiger partial charge in [-0.15, -0.1) is 0 Å². The zero-order valence-corrected chi connectivity index (χ0v) is 24.3. The molecule has 6 nitrogen and oxygen atoms in total. The van der Waals surface area contributed by atoms with Crippen molar-refractivity contribution in [2.24, 2.45) is 39.4 Å². The number of hydrogen-bond acceptors (Lipinski definition) is 5. The number of ether oxygens (including phenoxy) is 1. The van der Waals surface area contributed by atoms with Gasteiger partial charge in [0.25, 0.3) is 0 Å². The van der Waals surface area contributed by atoms with Crippen LogP contribution < -0.4 is 0 Å². The lowest BCUT2D eigenvalue weighted by Crippen LogP contribution is -2.54. The number of allylic oxidation sites excluding steroid dienone is 5. The van der Waals surface area contributed by atoms with Crippen molar-refractivity contribution in [3.05, 3.63) is 34.9 Å². The van der Waals surface area contributed by atoms with Gasteiger partial charge < -0.3 is 9.84 Å². The number of Topliss-reactive ketones (excluding diaryl/α,β-unsaturated/α-hetero) is 1. The Morgan fingerprint density at radius 2 is 1.82 bits per heavy atom. The monoisotopic (exact) mass is 524 g/mol. The van der Waals surface area contributed by atoms with Crippen LogP contribution in [0.3, 0.4) is 0 Å². The van der Waals surface area contributed by atoms with Crippen LogP contribution in [0.15, 0.2) is 34.9 Å². The maximum absolute atomic E-state index is 14.2. The molecule has 0 aromatic rings. The lowest BCUT2D eigenvalue weighted by Gasteiger charge is -2.58. The Morgan fingerprint density at radius 1 is 1.16 bits per heavy atom. The number of hydrogen-bond donors (Lipinski definition) is 1. The first-order chi connectivity index (χ1) is 17.5. The van der Waals surface area contributed by atoms with Gasteiger partial charge in [-0.25, -0.2) is 4.79 Å². The van der Waals surface area contributed by atoms with Gasteiger partial charge >= 0.3 is 11.9 Å². The first kappa shape index (κ1) is 28.5. The molecule has 0 unspecified atom stereocenters. The van der Waals surface area contributed by atoms with Gasteiger partial charge in [-0.2, -0.15) is 0 Å². The van der Waals surface area contributed by atoms with Gasteiger partial charge in [0.05, 0.1) is 0 Å². The van der Waals surface area contributed by atoms with Gasteiger partial charge in [0, 0.05) is 41.2 Å². The van der Waals surface area contributed by atoms with Gasteiger partial charge in [-0.1, -0.05) is 59.3 Å². The highest BCUT2D eigenvalue weighted by molar-refractivity contribution is 6.02. The smallest absolute Gasteiger partial charge is 0.330 e. The summed E-state index contributed by atoms with van der Waals surface area (Å²) in [6, 6.07) is 0. The summed E-state index contributed by atoms with van der Waals surface area (Å²) in [5.74, 6) is -0.794. The SMILES string of the molecule is CC(=O)O[C@H]1C[C@@]2(C)C3=C(C(=O)C[C@]2(C)[C@H]1[C@H](C)CC/C=C(/C)C(=O)O)[C@@]1(C)C=CC(=O)C(C)(C)[C@@H]1CC3. The highest BCUT2D eigenvalue weighted by atomic mass is 16.5. The van der Waals surface area contributed by atoms with E-state index in [1.165, 1.54) is 12.5 Å². The third-order valence-corrected chi connectivity index (χ3v) is 11.2. The second-order valence-corrected chi connectivity index (χ2v) is 13.6. The van der Waals surface area contributed by atoms with E-state index in [0.717, 1.165) is 24.8 Å². The van der Waals surface area contributed by atoms with Crippen molar-refractivity contribution in [2.45, 2.75) is 100 Å². The molecule has 0 radical (unpaired) electrons. The van der Waals surface area contributed by atoms with Gasteiger partial charge in [-0.05, 0) is 67.8 Å². The molecule has 0 aliphatic heterocycles. The molecule has 38 heavy (non-hydrogen) atoms. The minimum atomic E-state index is -0.918. The van der Waals surface area contributed by atoms with Crippen molar-refractivity contribution in [3.8, 4) is 0 Å². The summed E-state index contributed by atoms with van der Waals surface area (Å²) in [5, 5.41) is 9.23. The number of aliphatic carboxylic acids is 1. The summed E-state index contributed by atoms with van der Waals surface area (Å²) in [6.07, 6.45) is 9.13. The van der Waals surface area contributed by atoms with Crippen LogP contribution in [-0.2, 0) is 23.9 Å². The van der Waals surface area contributed by atoms with Gasteiger partial charge in [0.15, 0.2) is 11.6 Å². The van der Waals surface area contributed by atoms with Crippen molar-refractivity contribution in [1.29, 1.82) is 0 Å². The maximum atomic E-state index is 14.2. The lowest BCUT2D eigenvalue weighted by molar-refractivity contribution is -0.150. The average molecular weight is 525 g/mol. The van der Waals surface area contributed by atoms with E-state index in [2.05, 4.69) is 27.7 Å². The molecular formula is C32H44O6. The Hall–Kier alpha value is -2.50. The molecule has 0 amide bonds.